The summed E-state index contributed by atoms with van der Waals surface area (Å²) in [5.74, 6) is 0. The van der Waals surface area contributed by atoms with Gasteiger partial charge in [0.1, 0.15) is 0 Å². The first-order chi connectivity index (χ1) is 15.4. The highest BCUT2D eigenvalue weighted by atomic mass is 14.8. The van der Waals surface area contributed by atoms with Gasteiger partial charge in [-0.1, -0.05) is 122 Å². The quantitative estimate of drug-likeness (QED) is 0.324. The van der Waals surface area contributed by atoms with Crippen LogP contribution in [-0.4, -0.2) is 10.7 Å². The van der Waals surface area contributed by atoms with Crippen LogP contribution in [0.4, 0.5) is 5.69 Å². The Morgan fingerprint density at radius 2 is 1.14 bits per heavy atom. The minimum Gasteiger partial charge on any atom is -0.358 e. The lowest BCUT2D eigenvalue weighted by molar-refractivity contribution is 0.574. The number of nitrogens with one attached hydrogen (secondary N) is 1. The molecule has 3 aromatic rings. The molecule has 36 heavy (non-hydrogen) atoms. The smallest absolute Gasteiger partial charge is 0.0668 e. The fourth-order valence-corrected chi connectivity index (χ4v) is 4.08. The Balaban J connectivity index is 0.000000341. The van der Waals surface area contributed by atoms with Gasteiger partial charge in [-0.3, -0.25) is 4.99 Å². The number of aromatic amines is 1. The monoisotopic (exact) mass is 490 g/mol. The molecule has 0 aliphatic carbocycles. The Bertz CT molecular complexity index is 1180. The molecule has 2 aromatic carbocycles. The Labute approximate surface area is 223 Å². The van der Waals surface area contributed by atoms with E-state index in [2.05, 4.69) is 131 Å². The zero-order valence-electron chi connectivity index (χ0n) is 23.7. The third-order valence-electron chi connectivity index (χ3n) is 6.73. The normalized spacial score (nSPS) is 13.7. The van der Waals surface area contributed by atoms with Gasteiger partial charge >= 0.3 is 0 Å². The highest BCUT2D eigenvalue weighted by molar-refractivity contribution is 5.97. The zero-order valence-corrected chi connectivity index (χ0v) is 23.7. The maximum atomic E-state index is 4.81. The lowest BCUT2D eigenvalue weighted by Crippen LogP contribution is -2.19. The van der Waals surface area contributed by atoms with Crippen molar-refractivity contribution in [2.75, 3.05) is 0 Å². The summed E-state index contributed by atoms with van der Waals surface area (Å²) in [6, 6.07) is 15.8. The van der Waals surface area contributed by atoms with Crippen LogP contribution in [0.15, 0.2) is 47.5 Å². The number of hydrogen-bond donors (Lipinski definition) is 1. The molecule has 0 saturated carbocycles. The van der Waals surface area contributed by atoms with Crippen LogP contribution in [-0.2, 0) is 22.7 Å². The molecule has 0 saturated heterocycles. The van der Waals surface area contributed by atoms with Crippen molar-refractivity contribution in [2.45, 2.75) is 121 Å². The third kappa shape index (κ3) is 7.34. The maximum absolute atomic E-state index is 4.81. The van der Waals surface area contributed by atoms with Crippen molar-refractivity contribution in [2.24, 2.45) is 10.4 Å². The van der Waals surface area contributed by atoms with E-state index >= 15 is 0 Å². The Morgan fingerprint density at radius 1 is 0.611 bits per heavy atom. The van der Waals surface area contributed by atoms with Crippen molar-refractivity contribution in [3.05, 3.63) is 64.8 Å². The van der Waals surface area contributed by atoms with Crippen molar-refractivity contribution < 1.29 is 0 Å². The van der Waals surface area contributed by atoms with E-state index in [1.54, 1.807) is 0 Å². The summed E-state index contributed by atoms with van der Waals surface area (Å²) in [5, 5.41) is 1.31. The SMILES string of the molecule is C.C.CC(C)(C)C1=Nc2cc(C(C)(C)C)ccc2C1.CC(C)(C)c1ccc2cc(C(C)(C)C)[nH]c2c1. The van der Waals surface area contributed by atoms with Gasteiger partial charge in [-0.15, -0.1) is 0 Å². The standard InChI is InChI=1S/2C16H23N.2CH4/c2*1-15(2,3)12-8-7-11-9-14(16(4,5)6)17-13(11)10-12;;/h7-8,10H,9H2,1-6H3;7-10,17H,1-6H3;2*1H4. The van der Waals surface area contributed by atoms with E-state index in [4.69, 9.17) is 4.99 Å². The summed E-state index contributed by atoms with van der Waals surface area (Å²) in [5.41, 5.74) is 9.95. The molecule has 200 valence electrons. The van der Waals surface area contributed by atoms with Crippen LogP contribution in [0.5, 0.6) is 0 Å². The van der Waals surface area contributed by atoms with E-state index in [-0.39, 0.29) is 36.5 Å². The first-order valence-electron chi connectivity index (χ1n) is 12.7. The van der Waals surface area contributed by atoms with Crippen molar-refractivity contribution in [1.82, 2.24) is 4.98 Å². The number of aromatic nitrogens is 1. The van der Waals surface area contributed by atoms with E-state index in [1.807, 2.05) is 0 Å². The van der Waals surface area contributed by atoms with E-state index in [9.17, 15) is 0 Å². The first kappa shape index (κ1) is 31.7. The van der Waals surface area contributed by atoms with Gasteiger partial charge < -0.3 is 4.98 Å². The maximum Gasteiger partial charge on any atom is 0.0668 e. The Morgan fingerprint density at radius 3 is 1.64 bits per heavy atom. The van der Waals surface area contributed by atoms with Gasteiger partial charge in [0.25, 0.3) is 0 Å². The summed E-state index contributed by atoms with van der Waals surface area (Å²) in [7, 11) is 0. The van der Waals surface area contributed by atoms with Crippen molar-refractivity contribution in [3.63, 3.8) is 0 Å². The summed E-state index contributed by atoms with van der Waals surface area (Å²) in [6.45, 7) is 26.9. The van der Waals surface area contributed by atoms with Crippen molar-refractivity contribution >= 4 is 22.3 Å². The fourth-order valence-electron chi connectivity index (χ4n) is 4.08. The predicted molar refractivity (Wildman–Crippen MR) is 165 cm³/mol. The molecular formula is C34H54N2. The number of rotatable bonds is 0. The Kier molecular flexibility index (Phi) is 9.29. The Hall–Kier alpha value is -2.35. The largest absolute Gasteiger partial charge is 0.358 e. The number of hydrogen-bond acceptors (Lipinski definition) is 1. The lowest BCUT2D eigenvalue weighted by atomic mass is 9.85. The number of aliphatic imine (C=N–C) groups is 1. The van der Waals surface area contributed by atoms with E-state index in [0.717, 1.165) is 6.42 Å². The van der Waals surface area contributed by atoms with Gasteiger partial charge in [-0.2, -0.15) is 0 Å². The molecule has 2 heterocycles. The molecule has 0 unspecified atom stereocenters. The van der Waals surface area contributed by atoms with Crippen LogP contribution in [0.2, 0.25) is 0 Å². The number of benzene rings is 2. The molecular weight excluding hydrogens is 436 g/mol. The van der Waals surface area contributed by atoms with E-state index in [0.29, 0.717) is 0 Å². The molecule has 4 rings (SSSR count). The summed E-state index contributed by atoms with van der Waals surface area (Å²) < 4.78 is 0. The van der Waals surface area contributed by atoms with E-state index < -0.39 is 0 Å². The molecule has 0 fully saturated rings. The van der Waals surface area contributed by atoms with Gasteiger partial charge in [0.2, 0.25) is 0 Å². The summed E-state index contributed by atoms with van der Waals surface area (Å²) in [6.07, 6.45) is 1.02. The predicted octanol–water partition coefficient (Wildman–Crippen LogP) is 10.7. The van der Waals surface area contributed by atoms with Crippen LogP contribution in [0, 0.1) is 5.41 Å². The second-order valence-electron chi connectivity index (χ2n) is 14.1. The second-order valence-corrected chi connectivity index (χ2v) is 14.1. The number of fused-ring (bicyclic) bond motifs is 2. The highest BCUT2D eigenvalue weighted by Crippen LogP contribution is 2.36. The molecule has 2 nitrogen and oxygen atoms in total. The summed E-state index contributed by atoms with van der Waals surface area (Å²) >= 11 is 0. The van der Waals surface area contributed by atoms with Crippen LogP contribution in [0.1, 0.15) is 120 Å². The van der Waals surface area contributed by atoms with Crippen molar-refractivity contribution in [3.8, 4) is 0 Å². The first-order valence-corrected chi connectivity index (χ1v) is 12.7. The number of H-pyrrole nitrogens is 1. The average Bonchev–Trinajstić information content (AvgIpc) is 3.29. The molecule has 0 bridgehead atoms. The average molecular weight is 491 g/mol. The minimum atomic E-state index is 0. The molecule has 1 aromatic heterocycles. The van der Waals surface area contributed by atoms with Gasteiger partial charge in [-0.25, -0.2) is 0 Å². The highest BCUT2D eigenvalue weighted by Gasteiger charge is 2.26. The van der Waals surface area contributed by atoms with Crippen LogP contribution in [0.25, 0.3) is 10.9 Å². The molecule has 0 radical (unpaired) electrons. The molecule has 0 amide bonds. The molecule has 1 N–H and O–H groups in total. The van der Waals surface area contributed by atoms with Gasteiger partial charge in [-0.05, 0) is 51.1 Å². The second kappa shape index (κ2) is 10.6. The molecule has 2 heteroatoms. The topological polar surface area (TPSA) is 28.1 Å². The van der Waals surface area contributed by atoms with Crippen LogP contribution < -0.4 is 0 Å². The van der Waals surface area contributed by atoms with Crippen LogP contribution in [0.3, 0.4) is 0 Å². The van der Waals surface area contributed by atoms with Gasteiger partial charge in [0.15, 0.2) is 0 Å². The third-order valence-corrected chi connectivity index (χ3v) is 6.73. The van der Waals surface area contributed by atoms with Gasteiger partial charge in [0.05, 0.1) is 5.69 Å². The lowest BCUT2D eigenvalue weighted by Gasteiger charge is -2.19. The van der Waals surface area contributed by atoms with Crippen molar-refractivity contribution in [1.29, 1.82) is 0 Å². The zero-order chi connectivity index (χ0) is 25.7. The van der Waals surface area contributed by atoms with E-state index in [1.165, 1.54) is 44.7 Å². The molecule has 1 aliphatic rings. The molecule has 0 spiro atoms. The fraction of sp³-hybridized carbons (Fsp3) is 0.559. The van der Waals surface area contributed by atoms with Gasteiger partial charge in [0, 0.05) is 34.2 Å². The molecule has 0 atom stereocenters. The number of nitrogens with zero attached hydrogens (tertiary/aromatic N) is 1. The van der Waals surface area contributed by atoms with Crippen LogP contribution >= 0.6 is 0 Å². The minimum absolute atomic E-state index is 0. The summed E-state index contributed by atoms with van der Waals surface area (Å²) in [4.78, 5) is 8.36. The molecule has 1 aliphatic heterocycles.